The van der Waals surface area contributed by atoms with E-state index < -0.39 is 35.6 Å². The summed E-state index contributed by atoms with van der Waals surface area (Å²) in [5, 5.41) is 10.5. The van der Waals surface area contributed by atoms with E-state index in [4.69, 9.17) is 4.74 Å². The molecule has 0 bridgehead atoms. The number of aliphatic hydroxyl groups is 1. The van der Waals surface area contributed by atoms with Crippen molar-refractivity contribution in [2.45, 2.75) is 95.5 Å². The Kier molecular flexibility index (Phi) is 7.51. The largest absolute Gasteiger partial charge is 0.394 e. The number of nitrogens with zero attached hydrogens (tertiary/aromatic N) is 3. The molecule has 5 rings (SSSR count). The molecule has 3 fully saturated rings. The van der Waals surface area contributed by atoms with Gasteiger partial charge in [-0.1, -0.05) is 70.8 Å². The van der Waals surface area contributed by atoms with Gasteiger partial charge in [-0.15, -0.1) is 0 Å². The minimum atomic E-state index is -1.22. The molecule has 7 atom stereocenters. The number of likely N-dealkylation sites (tertiary alicyclic amines) is 1. The van der Waals surface area contributed by atoms with Crippen LogP contribution in [0.3, 0.4) is 0 Å². The monoisotopic (exact) mass is 513 g/mol. The molecule has 0 radical (unpaired) electrons. The second-order valence-electron chi connectivity index (χ2n) is 11.6. The minimum absolute atomic E-state index is 0.00916. The standard InChI is InChI=1S/C29H43N3O5/c1-4-15-30-16-9-13-22-23(26(30)34)24-27(35)32(21(18-33)19(3)5-2)25-28(36)31(20-11-7-6-8-12-20)17-10-14-29(24,25)37-22/h9-10,13-14,19-25,33H,4-8,11-12,15-18H2,1-3H3/t19-,21-,22-,23+,24-,25?,29-/m0/s1. The van der Waals surface area contributed by atoms with E-state index in [-0.39, 0.29) is 36.3 Å². The molecule has 8 heteroatoms. The fourth-order valence-electron chi connectivity index (χ4n) is 7.51. The van der Waals surface area contributed by atoms with Crippen LogP contribution in [0.1, 0.15) is 65.7 Å². The molecule has 5 aliphatic rings. The minimum Gasteiger partial charge on any atom is -0.394 e. The highest BCUT2D eigenvalue weighted by Crippen LogP contribution is 2.54. The topological polar surface area (TPSA) is 90.4 Å². The summed E-state index contributed by atoms with van der Waals surface area (Å²) in [5.41, 5.74) is -1.22. The van der Waals surface area contributed by atoms with Gasteiger partial charge >= 0.3 is 0 Å². The van der Waals surface area contributed by atoms with Crippen LogP contribution < -0.4 is 0 Å². The number of carbonyl (C=O) groups excluding carboxylic acids is 3. The molecule has 0 aromatic carbocycles. The van der Waals surface area contributed by atoms with Crippen molar-refractivity contribution in [2.24, 2.45) is 17.8 Å². The molecular weight excluding hydrogens is 470 g/mol. The van der Waals surface area contributed by atoms with E-state index in [1.54, 1.807) is 4.90 Å². The number of fused-ring (bicyclic) bond motifs is 2. The molecule has 4 aliphatic heterocycles. The van der Waals surface area contributed by atoms with Crippen LogP contribution in [0, 0.1) is 17.8 Å². The van der Waals surface area contributed by atoms with E-state index in [2.05, 4.69) is 0 Å². The van der Waals surface area contributed by atoms with Crippen LogP contribution in [0.25, 0.3) is 0 Å². The molecule has 1 saturated carbocycles. The Labute approximate surface area is 220 Å². The molecule has 0 aromatic heterocycles. The molecule has 4 heterocycles. The first-order valence-electron chi connectivity index (χ1n) is 14.4. The molecular formula is C29H43N3O5. The van der Waals surface area contributed by atoms with Crippen LogP contribution in [0.5, 0.6) is 0 Å². The quantitative estimate of drug-likeness (QED) is 0.529. The summed E-state index contributed by atoms with van der Waals surface area (Å²) in [4.78, 5) is 48.2. The van der Waals surface area contributed by atoms with Gasteiger partial charge < -0.3 is 24.5 Å². The zero-order valence-electron chi connectivity index (χ0n) is 22.6. The molecule has 1 aliphatic carbocycles. The summed E-state index contributed by atoms with van der Waals surface area (Å²) in [7, 11) is 0. The molecule has 1 N–H and O–H groups in total. The van der Waals surface area contributed by atoms with Crippen molar-refractivity contribution in [1.29, 1.82) is 0 Å². The number of hydrogen-bond donors (Lipinski definition) is 1. The number of ether oxygens (including phenoxy) is 1. The average molecular weight is 514 g/mol. The fraction of sp³-hybridized carbons (Fsp3) is 0.759. The zero-order chi connectivity index (χ0) is 26.3. The lowest BCUT2D eigenvalue weighted by Crippen LogP contribution is -2.60. The smallest absolute Gasteiger partial charge is 0.249 e. The van der Waals surface area contributed by atoms with Crippen LogP contribution in [0.4, 0.5) is 0 Å². The van der Waals surface area contributed by atoms with Gasteiger partial charge in [0.25, 0.3) is 0 Å². The number of hydrogen-bond acceptors (Lipinski definition) is 5. The first kappa shape index (κ1) is 26.4. The van der Waals surface area contributed by atoms with Crippen LogP contribution in [-0.2, 0) is 19.1 Å². The first-order valence-corrected chi connectivity index (χ1v) is 14.4. The summed E-state index contributed by atoms with van der Waals surface area (Å²) < 4.78 is 6.74. The summed E-state index contributed by atoms with van der Waals surface area (Å²) in [6.45, 7) is 7.44. The van der Waals surface area contributed by atoms with Gasteiger partial charge in [-0.25, -0.2) is 0 Å². The molecule has 3 amide bonds. The maximum absolute atomic E-state index is 14.5. The summed E-state index contributed by atoms with van der Waals surface area (Å²) >= 11 is 0. The van der Waals surface area contributed by atoms with Crippen LogP contribution >= 0.6 is 0 Å². The van der Waals surface area contributed by atoms with Gasteiger partial charge in [0.15, 0.2) is 0 Å². The molecule has 204 valence electrons. The van der Waals surface area contributed by atoms with Crippen molar-refractivity contribution >= 4 is 17.7 Å². The van der Waals surface area contributed by atoms with E-state index in [9.17, 15) is 19.5 Å². The highest BCUT2D eigenvalue weighted by molar-refractivity contribution is 6.00. The summed E-state index contributed by atoms with van der Waals surface area (Å²) in [5.74, 6) is -1.90. The number of carbonyl (C=O) groups is 3. The van der Waals surface area contributed by atoms with Gasteiger partial charge in [0.05, 0.1) is 30.6 Å². The summed E-state index contributed by atoms with van der Waals surface area (Å²) in [6, 6.07) is -1.26. The van der Waals surface area contributed by atoms with Gasteiger partial charge in [0.2, 0.25) is 17.7 Å². The predicted octanol–water partition coefficient (Wildman–Crippen LogP) is 2.51. The van der Waals surface area contributed by atoms with E-state index in [1.165, 1.54) is 6.42 Å². The maximum Gasteiger partial charge on any atom is 0.249 e. The van der Waals surface area contributed by atoms with Crippen molar-refractivity contribution in [2.75, 3.05) is 26.2 Å². The Hall–Kier alpha value is -2.19. The molecule has 0 aromatic rings. The lowest BCUT2D eigenvalue weighted by Gasteiger charge is -2.42. The van der Waals surface area contributed by atoms with Gasteiger partial charge in [-0.05, 0) is 25.2 Å². The Morgan fingerprint density at radius 2 is 1.81 bits per heavy atom. The maximum atomic E-state index is 14.5. The van der Waals surface area contributed by atoms with Gasteiger partial charge in [0, 0.05) is 25.7 Å². The average Bonchev–Trinajstić information content (AvgIpc) is 3.22. The van der Waals surface area contributed by atoms with Crippen molar-refractivity contribution in [3.63, 3.8) is 0 Å². The highest BCUT2D eigenvalue weighted by Gasteiger charge is 2.72. The Bertz CT molecular complexity index is 959. The Morgan fingerprint density at radius 3 is 2.49 bits per heavy atom. The molecule has 8 nitrogen and oxygen atoms in total. The SMILES string of the molecule is CCCN1CC=C[C@@H]2O[C@]34C=CCN(C5CCCCC5)C(=O)C3N([C@@H](CO)[C@@H](C)CC)C(=O)[C@@H]4[C@@H]2C1=O. The third kappa shape index (κ3) is 4.15. The van der Waals surface area contributed by atoms with Crippen LogP contribution in [0.2, 0.25) is 0 Å². The van der Waals surface area contributed by atoms with E-state index in [0.29, 0.717) is 19.6 Å². The van der Waals surface area contributed by atoms with E-state index in [1.807, 2.05) is 54.9 Å². The third-order valence-electron chi connectivity index (χ3n) is 9.57. The molecule has 37 heavy (non-hydrogen) atoms. The zero-order valence-corrected chi connectivity index (χ0v) is 22.6. The van der Waals surface area contributed by atoms with Crippen LogP contribution in [-0.4, -0.2) is 93.6 Å². The van der Waals surface area contributed by atoms with Gasteiger partial charge in [-0.2, -0.15) is 0 Å². The van der Waals surface area contributed by atoms with E-state index in [0.717, 1.165) is 38.5 Å². The van der Waals surface area contributed by atoms with Crippen molar-refractivity contribution in [3.8, 4) is 0 Å². The van der Waals surface area contributed by atoms with Crippen molar-refractivity contribution < 1.29 is 24.2 Å². The van der Waals surface area contributed by atoms with Crippen molar-refractivity contribution in [1.82, 2.24) is 14.7 Å². The lowest BCUT2D eigenvalue weighted by molar-refractivity contribution is -0.154. The second kappa shape index (κ2) is 10.5. The van der Waals surface area contributed by atoms with Gasteiger partial charge in [-0.3, -0.25) is 14.4 Å². The van der Waals surface area contributed by atoms with Crippen LogP contribution in [0.15, 0.2) is 24.3 Å². The number of aliphatic hydroxyl groups excluding tert-OH is 1. The summed E-state index contributed by atoms with van der Waals surface area (Å²) in [6.07, 6.45) is 14.1. The second-order valence-corrected chi connectivity index (χ2v) is 11.6. The normalized spacial score (nSPS) is 35.8. The lowest BCUT2D eigenvalue weighted by atomic mass is 9.77. The molecule has 1 spiro atoms. The Balaban J connectivity index is 1.61. The number of amides is 3. The Morgan fingerprint density at radius 1 is 1.05 bits per heavy atom. The third-order valence-corrected chi connectivity index (χ3v) is 9.57. The van der Waals surface area contributed by atoms with E-state index >= 15 is 0 Å². The highest BCUT2D eigenvalue weighted by atomic mass is 16.5. The van der Waals surface area contributed by atoms with Crippen molar-refractivity contribution in [3.05, 3.63) is 24.3 Å². The number of rotatable bonds is 7. The molecule has 1 unspecified atom stereocenters. The first-order chi connectivity index (χ1) is 17.9. The predicted molar refractivity (Wildman–Crippen MR) is 139 cm³/mol. The molecule has 2 saturated heterocycles. The fourth-order valence-corrected chi connectivity index (χ4v) is 7.51. The van der Waals surface area contributed by atoms with Gasteiger partial charge in [0.1, 0.15) is 11.6 Å².